The molecule has 0 aliphatic carbocycles. The number of carbonyl (C=O) groups excluding carboxylic acids is 1. The smallest absolute Gasteiger partial charge is 0.270 e. The minimum atomic E-state index is -0.183. The average Bonchev–Trinajstić information content (AvgIpc) is 2.83. The molecule has 2 aliphatic heterocycles. The third-order valence-electron chi connectivity index (χ3n) is 6.54. The van der Waals surface area contributed by atoms with Gasteiger partial charge in [0.25, 0.3) is 11.5 Å². The van der Waals surface area contributed by atoms with Gasteiger partial charge in [0.1, 0.15) is 17.1 Å². The Morgan fingerprint density at radius 1 is 1.30 bits per heavy atom. The number of ether oxygens (including phenoxy) is 1. The third-order valence-corrected chi connectivity index (χ3v) is 6.54. The van der Waals surface area contributed by atoms with Gasteiger partial charge in [-0.3, -0.25) is 14.5 Å². The maximum Gasteiger partial charge on any atom is 0.270 e. The van der Waals surface area contributed by atoms with Crippen LogP contribution in [0.2, 0.25) is 0 Å². The standard InChI is InChI=1S/C24H28N6O3/c1-3-18-24(32)28-20-10-15-13-29-7-8-30(16-4-5-19(26-12-16)23(31)25-2)14-17(29)6-9-33-22(15)11-21(20)27-18/h4-5,10-12,17H,3,6-9,13-14H2,1-2H3,(H,25,31)(H,28,32). The molecule has 2 N–H and O–H groups in total. The number of nitrogens with zero attached hydrogens (tertiary/aromatic N) is 4. The molecule has 4 heterocycles. The lowest BCUT2D eigenvalue weighted by Crippen LogP contribution is -2.53. The summed E-state index contributed by atoms with van der Waals surface area (Å²) in [7, 11) is 1.60. The Morgan fingerprint density at radius 3 is 2.94 bits per heavy atom. The van der Waals surface area contributed by atoms with E-state index in [1.54, 1.807) is 19.3 Å². The normalized spacial score (nSPS) is 18.6. The van der Waals surface area contributed by atoms with E-state index in [1.807, 2.05) is 25.1 Å². The SMILES string of the molecule is CCc1nc2cc3c(cc2[nH]c1=O)CN1CCN(c2ccc(C(=O)NC)nc2)CC1CCO3. The van der Waals surface area contributed by atoms with E-state index in [2.05, 4.69) is 30.1 Å². The fraction of sp³-hybridized carbons (Fsp3) is 0.417. The first-order valence-corrected chi connectivity index (χ1v) is 11.4. The molecule has 0 radical (unpaired) electrons. The van der Waals surface area contributed by atoms with Crippen LogP contribution in [0.15, 0.2) is 35.3 Å². The Morgan fingerprint density at radius 2 is 2.18 bits per heavy atom. The Kier molecular flexibility index (Phi) is 5.72. The number of fused-ring (bicyclic) bond motifs is 3. The molecule has 0 bridgehead atoms. The molecule has 172 valence electrons. The molecular weight excluding hydrogens is 420 g/mol. The van der Waals surface area contributed by atoms with Crippen molar-refractivity contribution >= 4 is 22.6 Å². The molecule has 5 rings (SSSR count). The summed E-state index contributed by atoms with van der Waals surface area (Å²) in [5.74, 6) is 0.663. The van der Waals surface area contributed by atoms with Gasteiger partial charge in [0, 0.05) is 50.9 Å². The summed E-state index contributed by atoms with van der Waals surface area (Å²) in [4.78, 5) is 40.6. The van der Waals surface area contributed by atoms with E-state index in [1.165, 1.54) is 0 Å². The number of pyridine rings is 1. The highest BCUT2D eigenvalue weighted by Crippen LogP contribution is 2.30. The van der Waals surface area contributed by atoms with E-state index in [4.69, 9.17) is 4.74 Å². The predicted octanol–water partition coefficient (Wildman–Crippen LogP) is 1.71. The largest absolute Gasteiger partial charge is 0.493 e. The van der Waals surface area contributed by atoms with Crippen molar-refractivity contribution in [1.82, 2.24) is 25.2 Å². The van der Waals surface area contributed by atoms with Crippen LogP contribution < -0.4 is 20.5 Å². The van der Waals surface area contributed by atoms with Crippen LogP contribution in [0.3, 0.4) is 0 Å². The second-order valence-corrected chi connectivity index (χ2v) is 8.53. The van der Waals surface area contributed by atoms with Crippen LogP contribution in [0.5, 0.6) is 5.75 Å². The lowest BCUT2D eigenvalue weighted by molar-refractivity contribution is 0.0958. The number of anilines is 1. The van der Waals surface area contributed by atoms with Crippen LogP contribution in [0.1, 0.15) is 35.1 Å². The zero-order valence-electron chi connectivity index (χ0n) is 18.9. The molecule has 0 saturated carbocycles. The van der Waals surface area contributed by atoms with Crippen LogP contribution in [0, 0.1) is 0 Å². The Balaban J connectivity index is 1.36. The molecule has 1 unspecified atom stereocenters. The molecule has 33 heavy (non-hydrogen) atoms. The maximum atomic E-state index is 12.2. The molecule has 1 fully saturated rings. The number of hydrogen-bond donors (Lipinski definition) is 2. The van der Waals surface area contributed by atoms with Crippen molar-refractivity contribution in [3.63, 3.8) is 0 Å². The van der Waals surface area contributed by atoms with Crippen LogP contribution in [0.25, 0.3) is 11.0 Å². The molecule has 9 nitrogen and oxygen atoms in total. The number of hydrogen-bond acceptors (Lipinski definition) is 7. The predicted molar refractivity (Wildman–Crippen MR) is 126 cm³/mol. The minimum absolute atomic E-state index is 0.126. The lowest BCUT2D eigenvalue weighted by Gasteiger charge is -2.43. The van der Waals surface area contributed by atoms with Gasteiger partial charge < -0.3 is 19.9 Å². The number of rotatable bonds is 3. The summed E-state index contributed by atoms with van der Waals surface area (Å²) in [5.41, 5.74) is 4.44. The number of carbonyl (C=O) groups is 1. The van der Waals surface area contributed by atoms with E-state index in [0.29, 0.717) is 30.5 Å². The summed E-state index contributed by atoms with van der Waals surface area (Å²) in [6.07, 6.45) is 3.28. The zero-order valence-corrected chi connectivity index (χ0v) is 18.9. The summed E-state index contributed by atoms with van der Waals surface area (Å²) in [6.45, 7) is 5.95. The quantitative estimate of drug-likeness (QED) is 0.629. The summed E-state index contributed by atoms with van der Waals surface area (Å²) in [5, 5.41) is 2.60. The molecular formula is C24H28N6O3. The van der Waals surface area contributed by atoms with E-state index < -0.39 is 0 Å². The molecule has 0 spiro atoms. The monoisotopic (exact) mass is 448 g/mol. The van der Waals surface area contributed by atoms with Gasteiger partial charge in [-0.1, -0.05) is 6.92 Å². The second kappa shape index (κ2) is 8.82. The van der Waals surface area contributed by atoms with Gasteiger partial charge in [-0.15, -0.1) is 0 Å². The summed E-state index contributed by atoms with van der Waals surface area (Å²) < 4.78 is 6.15. The summed E-state index contributed by atoms with van der Waals surface area (Å²) in [6, 6.07) is 8.02. The molecule has 1 amide bonds. The van der Waals surface area contributed by atoms with E-state index >= 15 is 0 Å². The van der Waals surface area contributed by atoms with Crippen molar-refractivity contribution in [2.24, 2.45) is 0 Å². The fourth-order valence-electron chi connectivity index (χ4n) is 4.66. The van der Waals surface area contributed by atoms with Crippen molar-refractivity contribution < 1.29 is 9.53 Å². The van der Waals surface area contributed by atoms with E-state index in [-0.39, 0.29) is 11.5 Å². The second-order valence-electron chi connectivity index (χ2n) is 8.53. The number of benzene rings is 1. The van der Waals surface area contributed by atoms with Gasteiger partial charge in [0.2, 0.25) is 0 Å². The van der Waals surface area contributed by atoms with E-state index in [9.17, 15) is 9.59 Å². The van der Waals surface area contributed by atoms with Crippen molar-refractivity contribution in [3.05, 3.63) is 57.8 Å². The number of amides is 1. The molecule has 1 atom stereocenters. The maximum absolute atomic E-state index is 12.2. The van der Waals surface area contributed by atoms with Crippen molar-refractivity contribution in [3.8, 4) is 5.75 Å². The number of piperazine rings is 1. The van der Waals surface area contributed by atoms with Crippen LogP contribution in [0.4, 0.5) is 5.69 Å². The topological polar surface area (TPSA) is 103 Å². The first kappa shape index (κ1) is 21.4. The number of H-pyrrole nitrogens is 1. The molecule has 3 aromatic rings. The Hall–Kier alpha value is -3.46. The van der Waals surface area contributed by atoms with Crippen molar-refractivity contribution in [2.75, 3.05) is 38.2 Å². The molecule has 1 aromatic carbocycles. The van der Waals surface area contributed by atoms with Crippen LogP contribution in [-0.4, -0.2) is 65.1 Å². The highest BCUT2D eigenvalue weighted by molar-refractivity contribution is 5.92. The van der Waals surface area contributed by atoms with Crippen LogP contribution >= 0.6 is 0 Å². The van der Waals surface area contributed by atoms with Gasteiger partial charge in [-0.2, -0.15) is 0 Å². The third kappa shape index (κ3) is 4.16. The highest BCUT2D eigenvalue weighted by atomic mass is 16.5. The van der Waals surface area contributed by atoms with Gasteiger partial charge in [-0.05, 0) is 31.0 Å². The number of aryl methyl sites for hydroxylation is 1. The molecule has 2 aromatic heterocycles. The Labute approximate surface area is 191 Å². The number of aromatic nitrogens is 3. The van der Waals surface area contributed by atoms with Gasteiger partial charge >= 0.3 is 0 Å². The zero-order chi connectivity index (χ0) is 22.9. The minimum Gasteiger partial charge on any atom is -0.493 e. The van der Waals surface area contributed by atoms with Crippen molar-refractivity contribution in [1.29, 1.82) is 0 Å². The number of nitrogens with one attached hydrogen (secondary N) is 2. The fourth-order valence-corrected chi connectivity index (χ4v) is 4.66. The first-order valence-electron chi connectivity index (χ1n) is 11.4. The van der Waals surface area contributed by atoms with Crippen molar-refractivity contribution in [2.45, 2.75) is 32.4 Å². The average molecular weight is 449 g/mol. The number of aromatic amines is 1. The molecule has 2 aliphatic rings. The van der Waals surface area contributed by atoms with Gasteiger partial charge in [-0.25, -0.2) is 9.97 Å². The van der Waals surface area contributed by atoms with E-state index in [0.717, 1.165) is 60.6 Å². The molecule has 9 heteroatoms. The lowest BCUT2D eigenvalue weighted by atomic mass is 10.0. The first-order chi connectivity index (χ1) is 16.1. The highest BCUT2D eigenvalue weighted by Gasteiger charge is 2.30. The van der Waals surface area contributed by atoms with Gasteiger partial charge in [0.15, 0.2) is 0 Å². The van der Waals surface area contributed by atoms with Gasteiger partial charge in [0.05, 0.1) is 29.5 Å². The van der Waals surface area contributed by atoms with Crippen LogP contribution in [-0.2, 0) is 13.0 Å². The molecule has 1 saturated heterocycles. The summed E-state index contributed by atoms with van der Waals surface area (Å²) >= 11 is 0. The Bertz CT molecular complexity index is 1240.